The third-order valence-electron chi connectivity index (χ3n) is 3.72. The van der Waals surface area contributed by atoms with Crippen LogP contribution in [0.4, 0.5) is 0 Å². The number of hydrogen-bond donors (Lipinski definition) is 2. The lowest BCUT2D eigenvalue weighted by atomic mass is 10.1. The van der Waals surface area contributed by atoms with E-state index >= 15 is 0 Å². The van der Waals surface area contributed by atoms with E-state index in [9.17, 15) is 14.4 Å². The molecule has 0 saturated carbocycles. The molecular weight excluding hydrogens is 336 g/mol. The maximum absolute atomic E-state index is 12.5. The van der Waals surface area contributed by atoms with Gasteiger partial charge in [-0.15, -0.1) is 5.10 Å². The van der Waals surface area contributed by atoms with Gasteiger partial charge in [-0.25, -0.2) is 5.10 Å². The maximum Gasteiger partial charge on any atom is 0.264 e. The van der Waals surface area contributed by atoms with Crippen LogP contribution in [-0.2, 0) is 9.59 Å². The molecule has 0 spiro atoms. The number of carbonyl (C=O) groups excluding carboxylic acids is 2. The summed E-state index contributed by atoms with van der Waals surface area (Å²) >= 11 is 0. The molecule has 1 rings (SSSR count). The molecule has 0 bridgehead atoms. The Balaban J connectivity index is 2.45. The molecule has 2 N–H and O–H groups in total. The number of carbonyl (C=O) groups is 2. The number of nitrogens with one attached hydrogen (secondary N) is 2. The van der Waals surface area contributed by atoms with Crippen LogP contribution in [-0.4, -0.2) is 59.1 Å². The fourth-order valence-electron chi connectivity index (χ4n) is 2.12. The zero-order chi connectivity index (χ0) is 19.5. The Morgan fingerprint density at radius 1 is 1.27 bits per heavy atom. The van der Waals surface area contributed by atoms with Crippen molar-refractivity contribution in [2.24, 2.45) is 5.92 Å². The molecule has 1 aromatic rings. The highest BCUT2D eigenvalue weighted by Gasteiger charge is 2.18. The van der Waals surface area contributed by atoms with Gasteiger partial charge in [0.1, 0.15) is 0 Å². The molecule has 8 nitrogen and oxygen atoms in total. The average Bonchev–Trinajstić information content (AvgIpc) is 2.58. The number of ether oxygens (including phenoxy) is 1. The van der Waals surface area contributed by atoms with Crippen LogP contribution in [0.2, 0.25) is 0 Å². The normalized spacial score (nSPS) is 11.0. The molecule has 8 heteroatoms. The number of nitrogens with zero attached hydrogens (tertiary/aromatic N) is 2. The number of ketones is 1. The topological polar surface area (TPSA) is 104 Å². The van der Waals surface area contributed by atoms with Gasteiger partial charge in [0.15, 0.2) is 5.78 Å². The summed E-state index contributed by atoms with van der Waals surface area (Å²) in [5.41, 5.74) is -0.298. The Morgan fingerprint density at radius 3 is 2.58 bits per heavy atom. The van der Waals surface area contributed by atoms with Crippen molar-refractivity contribution in [2.45, 2.75) is 46.6 Å². The van der Waals surface area contributed by atoms with E-state index in [1.165, 1.54) is 12.1 Å². The minimum Gasteiger partial charge on any atom is -0.477 e. The van der Waals surface area contributed by atoms with E-state index in [4.69, 9.17) is 4.74 Å². The molecule has 0 aliphatic rings. The Morgan fingerprint density at radius 2 is 2.00 bits per heavy atom. The average molecular weight is 366 g/mol. The highest BCUT2D eigenvalue weighted by molar-refractivity contribution is 5.87. The van der Waals surface area contributed by atoms with Gasteiger partial charge in [0.25, 0.3) is 5.56 Å². The standard InChI is InChI=1S/C18H30N4O4/c1-13(2)15(23)12-22(10-9-19-14(3)4)18(25)6-5-11-26-17-8-7-16(24)20-21-17/h7-8,13-14,19H,5-6,9-12H2,1-4H3,(H,20,24). The van der Waals surface area contributed by atoms with Crippen LogP contribution in [0, 0.1) is 5.92 Å². The van der Waals surface area contributed by atoms with Crippen molar-refractivity contribution < 1.29 is 14.3 Å². The fraction of sp³-hybridized carbons (Fsp3) is 0.667. The SMILES string of the molecule is CC(C)NCCN(CC(=O)C(C)C)C(=O)CCCOc1ccc(=O)[nH]n1. The summed E-state index contributed by atoms with van der Waals surface area (Å²) in [7, 11) is 0. The number of aromatic amines is 1. The molecule has 146 valence electrons. The molecule has 1 aromatic heterocycles. The van der Waals surface area contributed by atoms with E-state index in [0.717, 1.165) is 0 Å². The van der Waals surface area contributed by atoms with E-state index in [0.29, 0.717) is 38.0 Å². The predicted octanol–water partition coefficient (Wildman–Crippen LogP) is 0.981. The van der Waals surface area contributed by atoms with Crippen molar-refractivity contribution in [3.8, 4) is 5.88 Å². The number of aromatic nitrogens is 2. The number of rotatable bonds is 12. The van der Waals surface area contributed by atoms with E-state index in [1.54, 1.807) is 4.90 Å². The Hall–Kier alpha value is -2.22. The van der Waals surface area contributed by atoms with Crippen LogP contribution in [0.5, 0.6) is 5.88 Å². The van der Waals surface area contributed by atoms with Crippen molar-refractivity contribution in [3.63, 3.8) is 0 Å². The number of hydrogen-bond acceptors (Lipinski definition) is 6. The van der Waals surface area contributed by atoms with Crippen molar-refractivity contribution in [2.75, 3.05) is 26.2 Å². The summed E-state index contributed by atoms with van der Waals surface area (Å²) in [5.74, 6) is 0.196. The predicted molar refractivity (Wildman–Crippen MR) is 99.2 cm³/mol. The molecule has 0 aliphatic heterocycles. The first kappa shape index (κ1) is 21.8. The minimum absolute atomic E-state index is 0.0524. The Bertz CT molecular complexity index is 607. The quantitative estimate of drug-likeness (QED) is 0.535. The third-order valence-corrected chi connectivity index (χ3v) is 3.72. The van der Waals surface area contributed by atoms with E-state index in [1.807, 2.05) is 27.7 Å². The zero-order valence-corrected chi connectivity index (χ0v) is 16.1. The van der Waals surface area contributed by atoms with Crippen molar-refractivity contribution >= 4 is 11.7 Å². The lowest BCUT2D eigenvalue weighted by molar-refractivity contribution is -0.136. The first-order chi connectivity index (χ1) is 12.3. The fourth-order valence-corrected chi connectivity index (χ4v) is 2.12. The Kier molecular flexibility index (Phi) is 9.57. The van der Waals surface area contributed by atoms with Crippen molar-refractivity contribution in [1.82, 2.24) is 20.4 Å². The van der Waals surface area contributed by atoms with Crippen molar-refractivity contribution in [3.05, 3.63) is 22.5 Å². The van der Waals surface area contributed by atoms with Gasteiger partial charge in [0, 0.05) is 43.6 Å². The van der Waals surface area contributed by atoms with E-state index < -0.39 is 0 Å². The van der Waals surface area contributed by atoms with Gasteiger partial charge in [0.05, 0.1) is 13.2 Å². The second-order valence-electron chi connectivity index (χ2n) is 6.76. The molecule has 0 unspecified atom stereocenters. The molecule has 1 amide bonds. The second kappa shape index (κ2) is 11.4. The highest BCUT2D eigenvalue weighted by atomic mass is 16.5. The third kappa shape index (κ3) is 8.75. The summed E-state index contributed by atoms with van der Waals surface area (Å²) in [6, 6.07) is 3.13. The van der Waals surface area contributed by atoms with Crippen molar-refractivity contribution in [1.29, 1.82) is 0 Å². The van der Waals surface area contributed by atoms with Gasteiger partial charge in [-0.1, -0.05) is 27.7 Å². The lowest BCUT2D eigenvalue weighted by Gasteiger charge is -2.24. The molecule has 0 aromatic carbocycles. The van der Waals surface area contributed by atoms with Crippen LogP contribution in [0.1, 0.15) is 40.5 Å². The summed E-state index contributed by atoms with van der Waals surface area (Å²) in [6.45, 7) is 9.33. The number of H-pyrrole nitrogens is 1. The highest BCUT2D eigenvalue weighted by Crippen LogP contribution is 2.05. The van der Waals surface area contributed by atoms with E-state index in [-0.39, 0.29) is 36.1 Å². The molecule has 0 fully saturated rings. The van der Waals surface area contributed by atoms with Gasteiger partial charge in [-0.2, -0.15) is 0 Å². The smallest absolute Gasteiger partial charge is 0.264 e. The van der Waals surface area contributed by atoms with Crippen LogP contribution in [0.25, 0.3) is 0 Å². The molecule has 26 heavy (non-hydrogen) atoms. The first-order valence-corrected chi connectivity index (χ1v) is 9.02. The van der Waals surface area contributed by atoms with E-state index in [2.05, 4.69) is 15.5 Å². The van der Waals surface area contributed by atoms with Gasteiger partial charge < -0.3 is 15.0 Å². The number of Topliss-reactive ketones (excluding diaryl/α,β-unsaturated/α-hetero) is 1. The number of amides is 1. The summed E-state index contributed by atoms with van der Waals surface area (Å²) in [4.78, 5) is 37.0. The molecule has 1 heterocycles. The first-order valence-electron chi connectivity index (χ1n) is 9.02. The van der Waals surface area contributed by atoms with Gasteiger partial charge >= 0.3 is 0 Å². The monoisotopic (exact) mass is 366 g/mol. The van der Waals surface area contributed by atoms with Gasteiger partial charge in [0.2, 0.25) is 11.8 Å². The van der Waals surface area contributed by atoms with Crippen LogP contribution in [0.15, 0.2) is 16.9 Å². The second-order valence-corrected chi connectivity index (χ2v) is 6.76. The molecule has 0 atom stereocenters. The molecule has 0 saturated heterocycles. The zero-order valence-electron chi connectivity index (χ0n) is 16.1. The molecule has 0 aliphatic carbocycles. The Labute approximate surface area is 154 Å². The summed E-state index contributed by atoms with van der Waals surface area (Å²) in [6.07, 6.45) is 0.792. The van der Waals surface area contributed by atoms with Crippen LogP contribution in [0.3, 0.4) is 0 Å². The molecular formula is C18H30N4O4. The molecule has 0 radical (unpaired) electrons. The van der Waals surface area contributed by atoms with Gasteiger partial charge in [-0.05, 0) is 6.42 Å². The van der Waals surface area contributed by atoms with Gasteiger partial charge in [-0.3, -0.25) is 14.4 Å². The summed E-state index contributed by atoms with van der Waals surface area (Å²) in [5, 5.41) is 9.28. The maximum atomic E-state index is 12.5. The van der Waals surface area contributed by atoms with Crippen LogP contribution < -0.4 is 15.6 Å². The minimum atomic E-state index is -0.298. The summed E-state index contributed by atoms with van der Waals surface area (Å²) < 4.78 is 5.39. The largest absolute Gasteiger partial charge is 0.477 e. The van der Waals surface area contributed by atoms with Crippen LogP contribution >= 0.6 is 0 Å². The lowest BCUT2D eigenvalue weighted by Crippen LogP contribution is -2.42.